The predicted molar refractivity (Wildman–Crippen MR) is 132 cm³/mol. The van der Waals surface area contributed by atoms with E-state index in [0.717, 1.165) is 22.9 Å². The summed E-state index contributed by atoms with van der Waals surface area (Å²) < 4.78 is 42.5. The highest BCUT2D eigenvalue weighted by Gasteiger charge is 2.52. The topological polar surface area (TPSA) is 84.2 Å². The Bertz CT molecular complexity index is 1270. The van der Waals surface area contributed by atoms with E-state index in [1.165, 1.54) is 56.4 Å². The maximum Gasteiger partial charge on any atom is 0.471 e. The van der Waals surface area contributed by atoms with Crippen LogP contribution in [0.5, 0.6) is 0 Å². The van der Waals surface area contributed by atoms with Gasteiger partial charge in [0.2, 0.25) is 5.82 Å². The maximum absolute atomic E-state index is 12.8. The fourth-order valence-electron chi connectivity index (χ4n) is 6.90. The molecule has 2 aromatic heterocycles. The van der Waals surface area contributed by atoms with Gasteiger partial charge in [0, 0.05) is 42.1 Å². The van der Waals surface area contributed by atoms with Crippen LogP contribution in [0.15, 0.2) is 34.2 Å². The van der Waals surface area contributed by atoms with Crippen molar-refractivity contribution in [3.05, 3.63) is 46.8 Å². The molecule has 7 rings (SSSR count). The Morgan fingerprint density at radius 3 is 2.51 bits per heavy atom. The summed E-state index contributed by atoms with van der Waals surface area (Å²) in [5.74, 6) is 0.635. The van der Waals surface area contributed by atoms with Gasteiger partial charge < -0.3 is 14.7 Å². The first kappa shape index (κ1) is 24.4. The summed E-state index contributed by atoms with van der Waals surface area (Å²) in [5, 5.41) is 9.46. The Balaban J connectivity index is 1.05. The lowest BCUT2D eigenvalue weighted by molar-refractivity contribution is -0.159. The molecule has 4 aliphatic carbocycles. The zero-order valence-electron chi connectivity index (χ0n) is 20.4. The summed E-state index contributed by atoms with van der Waals surface area (Å²) in [6, 6.07) is 6.13. The van der Waals surface area contributed by atoms with Gasteiger partial charge >= 0.3 is 12.1 Å². The van der Waals surface area contributed by atoms with Crippen LogP contribution in [-0.2, 0) is 11.6 Å². The molecule has 2 heterocycles. The number of thiazole rings is 1. The summed E-state index contributed by atoms with van der Waals surface area (Å²) in [6.45, 7) is 0.977. The van der Waals surface area contributed by atoms with Gasteiger partial charge in [-0.05, 0) is 68.4 Å². The van der Waals surface area contributed by atoms with Gasteiger partial charge in [-0.2, -0.15) is 18.2 Å². The standard InChI is InChI=1S/C26H28F3N5O2S/c1-34(24-31-20(14-37-24)25-11-15-7-16(12-25)9-17(8-15)13-25)6-5-30-22(35)19-4-2-3-18(10-19)21-32-23(36-33-21)26(27,28)29/h2-4,10,14-17H,5-9,11-13H2,1H3,(H,30,35). The smallest absolute Gasteiger partial charge is 0.350 e. The van der Waals surface area contributed by atoms with E-state index in [-0.39, 0.29) is 22.7 Å². The van der Waals surface area contributed by atoms with Crippen molar-refractivity contribution < 1.29 is 22.5 Å². The van der Waals surface area contributed by atoms with Crippen LogP contribution in [0, 0.1) is 17.8 Å². The molecule has 4 bridgehead atoms. The molecule has 4 saturated carbocycles. The number of benzene rings is 1. The van der Waals surface area contributed by atoms with Crippen LogP contribution in [0.25, 0.3) is 11.4 Å². The second-order valence-corrected chi connectivity index (χ2v) is 11.7. The highest BCUT2D eigenvalue weighted by Crippen LogP contribution is 2.60. The number of carbonyl (C=O) groups excluding carboxylic acids is 1. The lowest BCUT2D eigenvalue weighted by atomic mass is 9.49. The summed E-state index contributed by atoms with van der Waals surface area (Å²) >= 11 is 1.66. The quantitative estimate of drug-likeness (QED) is 0.431. The molecule has 0 saturated heterocycles. The number of amides is 1. The van der Waals surface area contributed by atoms with Gasteiger partial charge in [-0.1, -0.05) is 17.3 Å². The fourth-order valence-corrected chi connectivity index (χ4v) is 7.84. The minimum absolute atomic E-state index is 0.222. The SMILES string of the molecule is CN(CCNC(=O)c1cccc(-c2noc(C(F)(F)F)n2)c1)c1nc(C23CC4CC(CC(C4)C2)C3)cs1. The summed E-state index contributed by atoms with van der Waals surface area (Å²) in [7, 11) is 1.98. The van der Waals surface area contributed by atoms with E-state index < -0.39 is 12.1 Å². The normalized spacial score (nSPS) is 26.4. The number of hydrogen-bond donors (Lipinski definition) is 1. The Kier molecular flexibility index (Phi) is 6.00. The molecule has 0 unspecified atom stereocenters. The molecule has 11 heteroatoms. The van der Waals surface area contributed by atoms with Gasteiger partial charge in [-0.3, -0.25) is 4.79 Å². The number of alkyl halides is 3. The Morgan fingerprint density at radius 1 is 1.16 bits per heavy atom. The molecular formula is C26H28F3N5O2S. The molecule has 196 valence electrons. The van der Waals surface area contributed by atoms with E-state index in [1.54, 1.807) is 23.5 Å². The van der Waals surface area contributed by atoms with Crippen LogP contribution in [0.4, 0.5) is 18.3 Å². The van der Waals surface area contributed by atoms with Crippen molar-refractivity contribution in [2.75, 3.05) is 25.0 Å². The predicted octanol–water partition coefficient (Wildman–Crippen LogP) is 5.55. The maximum atomic E-state index is 12.8. The number of anilines is 1. The number of aromatic nitrogens is 3. The first-order valence-corrected chi connectivity index (χ1v) is 13.5. The van der Waals surface area contributed by atoms with Gasteiger partial charge in [0.15, 0.2) is 5.13 Å². The van der Waals surface area contributed by atoms with Crippen molar-refractivity contribution in [3.63, 3.8) is 0 Å². The summed E-state index contributed by atoms with van der Waals surface area (Å²) in [5.41, 5.74) is 2.10. The number of likely N-dealkylation sites (N-methyl/N-ethyl adjacent to an activating group) is 1. The van der Waals surface area contributed by atoms with E-state index in [1.807, 2.05) is 7.05 Å². The third kappa shape index (κ3) is 4.73. The monoisotopic (exact) mass is 531 g/mol. The van der Waals surface area contributed by atoms with Gasteiger partial charge in [-0.15, -0.1) is 11.3 Å². The molecule has 7 nitrogen and oxygen atoms in total. The first-order chi connectivity index (χ1) is 17.7. The van der Waals surface area contributed by atoms with E-state index in [0.29, 0.717) is 18.7 Å². The van der Waals surface area contributed by atoms with E-state index >= 15 is 0 Å². The highest BCUT2D eigenvalue weighted by atomic mass is 32.1. The minimum atomic E-state index is -4.72. The summed E-state index contributed by atoms with van der Waals surface area (Å²) in [4.78, 5) is 23.2. The van der Waals surface area contributed by atoms with Crippen molar-refractivity contribution >= 4 is 22.4 Å². The molecular weight excluding hydrogens is 503 g/mol. The van der Waals surface area contributed by atoms with Crippen LogP contribution < -0.4 is 10.2 Å². The second kappa shape index (κ2) is 9.11. The zero-order valence-corrected chi connectivity index (χ0v) is 21.2. The van der Waals surface area contributed by atoms with Crippen molar-refractivity contribution in [1.82, 2.24) is 20.4 Å². The summed E-state index contributed by atoms with van der Waals surface area (Å²) in [6.07, 6.45) is 3.33. The third-order valence-corrected chi connectivity index (χ3v) is 9.14. The Labute approximate surface area is 216 Å². The average molecular weight is 532 g/mol. The number of rotatable bonds is 7. The molecule has 0 atom stereocenters. The third-order valence-electron chi connectivity index (χ3n) is 8.18. The fraction of sp³-hybridized carbons (Fsp3) is 0.538. The molecule has 0 aliphatic heterocycles. The van der Waals surface area contributed by atoms with Crippen molar-refractivity contribution in [3.8, 4) is 11.4 Å². The number of hydrogen-bond acceptors (Lipinski definition) is 7. The van der Waals surface area contributed by atoms with Crippen LogP contribution >= 0.6 is 11.3 Å². The molecule has 0 radical (unpaired) electrons. The molecule has 1 aromatic carbocycles. The zero-order chi connectivity index (χ0) is 25.8. The molecule has 1 amide bonds. The van der Waals surface area contributed by atoms with Gasteiger partial charge in [0.05, 0.1) is 5.69 Å². The van der Waals surface area contributed by atoms with Crippen molar-refractivity contribution in [1.29, 1.82) is 0 Å². The number of nitrogens with one attached hydrogen (secondary N) is 1. The second-order valence-electron chi connectivity index (χ2n) is 10.9. The molecule has 1 N–H and O–H groups in total. The molecule has 0 spiro atoms. The number of halogens is 3. The lowest BCUT2D eigenvalue weighted by Gasteiger charge is -2.56. The van der Waals surface area contributed by atoms with Crippen LogP contribution in [-0.4, -0.2) is 41.2 Å². The van der Waals surface area contributed by atoms with Gasteiger partial charge in [-0.25, -0.2) is 4.98 Å². The van der Waals surface area contributed by atoms with E-state index in [9.17, 15) is 18.0 Å². The first-order valence-electron chi connectivity index (χ1n) is 12.7. The minimum Gasteiger partial charge on any atom is -0.350 e. The number of carbonyl (C=O) groups is 1. The molecule has 4 aliphatic rings. The van der Waals surface area contributed by atoms with Crippen LogP contribution in [0.1, 0.15) is 60.5 Å². The Morgan fingerprint density at radius 2 is 1.86 bits per heavy atom. The van der Waals surface area contributed by atoms with Crippen molar-refractivity contribution in [2.45, 2.75) is 50.1 Å². The lowest BCUT2D eigenvalue weighted by Crippen LogP contribution is -2.48. The molecule has 3 aromatic rings. The van der Waals surface area contributed by atoms with Gasteiger partial charge in [0.25, 0.3) is 5.91 Å². The van der Waals surface area contributed by atoms with E-state index in [2.05, 4.69) is 30.3 Å². The largest absolute Gasteiger partial charge is 0.471 e. The van der Waals surface area contributed by atoms with Crippen LogP contribution in [0.2, 0.25) is 0 Å². The van der Waals surface area contributed by atoms with Gasteiger partial charge in [0.1, 0.15) is 0 Å². The molecule has 37 heavy (non-hydrogen) atoms. The van der Waals surface area contributed by atoms with E-state index in [4.69, 9.17) is 4.98 Å². The Hall–Kier alpha value is -2.95. The molecule has 4 fully saturated rings. The average Bonchev–Trinajstić information content (AvgIpc) is 3.54. The number of nitrogens with zero attached hydrogens (tertiary/aromatic N) is 4. The highest BCUT2D eigenvalue weighted by molar-refractivity contribution is 7.13. The van der Waals surface area contributed by atoms with Crippen LogP contribution in [0.3, 0.4) is 0 Å². The van der Waals surface area contributed by atoms with Crippen molar-refractivity contribution in [2.24, 2.45) is 17.8 Å².